The molecule has 2 atom stereocenters. The molecule has 1 unspecified atom stereocenters. The molecule has 2 aliphatic heterocycles. The maximum absolute atomic E-state index is 8.96. The van der Waals surface area contributed by atoms with Crippen LogP contribution in [0.15, 0.2) is 0 Å². The summed E-state index contributed by atoms with van der Waals surface area (Å²) in [5.74, 6) is 1.00. The van der Waals surface area contributed by atoms with Gasteiger partial charge in [-0.05, 0) is 0 Å². The Kier molecular flexibility index (Phi) is 2.58. The van der Waals surface area contributed by atoms with Gasteiger partial charge in [-0.3, -0.25) is 0 Å². The number of anilines is 4. The van der Waals surface area contributed by atoms with E-state index in [-0.39, 0.29) is 18.8 Å². The molecule has 98 valence electrons. The van der Waals surface area contributed by atoms with Crippen molar-refractivity contribution >= 4 is 23.3 Å². The second kappa shape index (κ2) is 4.12. The van der Waals surface area contributed by atoms with Crippen molar-refractivity contribution in [3.63, 3.8) is 0 Å². The second-order valence-corrected chi connectivity index (χ2v) is 4.01. The summed E-state index contributed by atoms with van der Waals surface area (Å²) in [6.07, 6.45) is -0.930. The zero-order valence-electron chi connectivity index (χ0n) is 9.54. The van der Waals surface area contributed by atoms with Gasteiger partial charge in [-0.1, -0.05) is 0 Å². The van der Waals surface area contributed by atoms with Crippen molar-refractivity contribution in [3.05, 3.63) is 0 Å². The third kappa shape index (κ3) is 1.68. The van der Waals surface area contributed by atoms with E-state index in [4.69, 9.17) is 26.0 Å². The number of nitrogens with zero attached hydrogens (tertiary/aromatic N) is 3. The van der Waals surface area contributed by atoms with Crippen LogP contribution in [0.5, 0.6) is 0 Å². The van der Waals surface area contributed by atoms with E-state index >= 15 is 0 Å². The number of nitrogens with one attached hydrogen (secondary N) is 1. The Morgan fingerprint density at radius 2 is 2.28 bits per heavy atom. The molecule has 18 heavy (non-hydrogen) atoms. The van der Waals surface area contributed by atoms with E-state index in [0.29, 0.717) is 30.6 Å². The maximum Gasteiger partial charge on any atom is 0.224 e. The zero-order valence-corrected chi connectivity index (χ0v) is 9.54. The van der Waals surface area contributed by atoms with Crippen molar-refractivity contribution in [3.8, 4) is 0 Å². The molecule has 1 fully saturated rings. The Morgan fingerprint density at radius 3 is 3.00 bits per heavy atom. The first-order valence-corrected chi connectivity index (χ1v) is 5.50. The van der Waals surface area contributed by atoms with Gasteiger partial charge >= 0.3 is 0 Å². The SMILES string of the molecule is Nc1nc(N)c2c(n1)N([C@H]1COC(CO)O1)CN2. The summed E-state index contributed by atoms with van der Waals surface area (Å²) < 4.78 is 10.8. The Hall–Kier alpha value is -1.84. The molecule has 9 heteroatoms. The van der Waals surface area contributed by atoms with Gasteiger partial charge in [0.2, 0.25) is 5.95 Å². The number of hydrogen-bond acceptors (Lipinski definition) is 9. The normalized spacial score (nSPS) is 26.2. The van der Waals surface area contributed by atoms with E-state index in [1.165, 1.54) is 0 Å². The molecule has 0 amide bonds. The van der Waals surface area contributed by atoms with Crippen LogP contribution in [0, 0.1) is 0 Å². The summed E-state index contributed by atoms with van der Waals surface area (Å²) >= 11 is 0. The highest BCUT2D eigenvalue weighted by atomic mass is 16.7. The molecule has 1 aromatic rings. The highest BCUT2D eigenvalue weighted by Crippen LogP contribution is 2.36. The summed E-state index contributed by atoms with van der Waals surface area (Å²) in [6.45, 7) is 0.638. The molecule has 0 saturated carbocycles. The monoisotopic (exact) mass is 254 g/mol. The fourth-order valence-electron chi connectivity index (χ4n) is 2.04. The molecule has 1 aromatic heterocycles. The third-order valence-electron chi connectivity index (χ3n) is 2.86. The van der Waals surface area contributed by atoms with Crippen LogP contribution in [0.4, 0.5) is 23.3 Å². The van der Waals surface area contributed by atoms with Gasteiger partial charge in [-0.15, -0.1) is 0 Å². The lowest BCUT2D eigenvalue weighted by Gasteiger charge is -2.22. The number of aliphatic hydroxyl groups excluding tert-OH is 1. The highest BCUT2D eigenvalue weighted by molar-refractivity contribution is 5.81. The van der Waals surface area contributed by atoms with Crippen LogP contribution in [0.3, 0.4) is 0 Å². The molecule has 3 heterocycles. The average molecular weight is 254 g/mol. The first-order valence-electron chi connectivity index (χ1n) is 5.50. The standard InChI is InChI=1S/C9H14N6O3/c10-7-6-8(14-9(11)13-7)15(3-12-6)4-2-17-5(1-16)18-4/h4-5,12,16H,1-3H2,(H4,10,11,13,14)/t4-,5?/m1/s1. The lowest BCUT2D eigenvalue weighted by molar-refractivity contribution is -0.0874. The fraction of sp³-hybridized carbons (Fsp3) is 0.556. The smallest absolute Gasteiger partial charge is 0.224 e. The Labute approximate surface area is 103 Å². The van der Waals surface area contributed by atoms with Crippen molar-refractivity contribution in [1.82, 2.24) is 9.97 Å². The molecular formula is C9H14N6O3. The van der Waals surface area contributed by atoms with Gasteiger partial charge in [0.1, 0.15) is 5.69 Å². The number of nitrogens with two attached hydrogens (primary N) is 2. The van der Waals surface area contributed by atoms with Crippen molar-refractivity contribution in [2.45, 2.75) is 12.5 Å². The van der Waals surface area contributed by atoms with Crippen LogP contribution in [0.1, 0.15) is 0 Å². The number of fused-ring (bicyclic) bond motifs is 1. The topological polar surface area (TPSA) is 132 Å². The van der Waals surface area contributed by atoms with Gasteiger partial charge in [0.25, 0.3) is 0 Å². The molecule has 6 N–H and O–H groups in total. The van der Waals surface area contributed by atoms with Crippen LogP contribution < -0.4 is 21.7 Å². The minimum Gasteiger partial charge on any atom is -0.391 e. The minimum atomic E-state index is -0.601. The number of rotatable bonds is 2. The van der Waals surface area contributed by atoms with Crippen LogP contribution >= 0.6 is 0 Å². The van der Waals surface area contributed by atoms with Crippen molar-refractivity contribution < 1.29 is 14.6 Å². The predicted octanol–water partition coefficient (Wildman–Crippen LogP) is -1.48. The molecular weight excluding hydrogens is 240 g/mol. The second-order valence-electron chi connectivity index (χ2n) is 4.01. The van der Waals surface area contributed by atoms with Gasteiger partial charge in [0.15, 0.2) is 24.2 Å². The molecule has 0 aliphatic carbocycles. The summed E-state index contributed by atoms with van der Waals surface area (Å²) in [4.78, 5) is 9.86. The van der Waals surface area contributed by atoms with E-state index in [1.54, 1.807) is 0 Å². The average Bonchev–Trinajstić information content (AvgIpc) is 2.93. The zero-order chi connectivity index (χ0) is 12.7. The first kappa shape index (κ1) is 11.3. The summed E-state index contributed by atoms with van der Waals surface area (Å²) in [5.41, 5.74) is 12.0. The molecule has 1 saturated heterocycles. The number of hydrogen-bond donors (Lipinski definition) is 4. The van der Waals surface area contributed by atoms with Gasteiger partial charge in [0, 0.05) is 0 Å². The van der Waals surface area contributed by atoms with Crippen LogP contribution in [0.25, 0.3) is 0 Å². The van der Waals surface area contributed by atoms with Crippen LogP contribution in [0.2, 0.25) is 0 Å². The highest BCUT2D eigenvalue weighted by Gasteiger charge is 2.36. The number of nitrogen functional groups attached to an aromatic ring is 2. The van der Waals surface area contributed by atoms with E-state index in [0.717, 1.165) is 0 Å². The minimum absolute atomic E-state index is 0.109. The van der Waals surface area contributed by atoms with E-state index in [1.807, 2.05) is 4.90 Å². The van der Waals surface area contributed by atoms with Crippen LogP contribution in [-0.4, -0.2) is 47.5 Å². The predicted molar refractivity (Wildman–Crippen MR) is 63.5 cm³/mol. The molecule has 0 spiro atoms. The summed E-state index contributed by atoms with van der Waals surface area (Å²) in [5, 5.41) is 12.0. The van der Waals surface area contributed by atoms with E-state index < -0.39 is 6.29 Å². The first-order chi connectivity index (χ1) is 8.69. The van der Waals surface area contributed by atoms with E-state index in [9.17, 15) is 0 Å². The third-order valence-corrected chi connectivity index (χ3v) is 2.86. The fourth-order valence-corrected chi connectivity index (χ4v) is 2.04. The Balaban J connectivity index is 1.86. The largest absolute Gasteiger partial charge is 0.391 e. The van der Waals surface area contributed by atoms with Crippen LogP contribution in [-0.2, 0) is 9.47 Å². The molecule has 9 nitrogen and oxygen atoms in total. The summed E-state index contributed by atoms with van der Waals surface area (Å²) in [6, 6.07) is 0. The number of aliphatic hydroxyl groups is 1. The Bertz CT molecular complexity index is 470. The van der Waals surface area contributed by atoms with Crippen molar-refractivity contribution in [2.75, 3.05) is 41.6 Å². The summed E-state index contributed by atoms with van der Waals surface area (Å²) in [7, 11) is 0. The lowest BCUT2D eigenvalue weighted by Crippen LogP contribution is -2.37. The van der Waals surface area contributed by atoms with Crippen molar-refractivity contribution in [2.24, 2.45) is 0 Å². The lowest BCUT2D eigenvalue weighted by atomic mass is 10.4. The quantitative estimate of drug-likeness (QED) is 0.498. The molecule has 3 rings (SSSR count). The van der Waals surface area contributed by atoms with Gasteiger partial charge in [-0.25, -0.2) is 0 Å². The Morgan fingerprint density at radius 1 is 1.44 bits per heavy atom. The van der Waals surface area contributed by atoms with E-state index in [2.05, 4.69) is 15.3 Å². The van der Waals surface area contributed by atoms with Gasteiger partial charge in [0.05, 0.1) is 19.9 Å². The molecule has 0 aromatic carbocycles. The number of ether oxygens (including phenoxy) is 2. The number of aromatic nitrogens is 2. The maximum atomic E-state index is 8.96. The van der Waals surface area contributed by atoms with Gasteiger partial charge < -0.3 is 36.3 Å². The van der Waals surface area contributed by atoms with Crippen molar-refractivity contribution in [1.29, 1.82) is 0 Å². The van der Waals surface area contributed by atoms with Gasteiger partial charge in [-0.2, -0.15) is 9.97 Å². The molecule has 0 bridgehead atoms. The molecule has 0 radical (unpaired) electrons. The molecule has 2 aliphatic rings.